The van der Waals surface area contributed by atoms with E-state index in [4.69, 9.17) is 4.74 Å². The molecule has 148 valence electrons. The summed E-state index contributed by atoms with van der Waals surface area (Å²) in [7, 11) is 5.17. The molecule has 0 aliphatic rings. The molecule has 1 aromatic carbocycles. The molecule has 0 bridgehead atoms. The Hall–Kier alpha value is -2.23. The zero-order chi connectivity index (χ0) is 18.8. The van der Waals surface area contributed by atoms with E-state index < -0.39 is 0 Å². The Morgan fingerprint density at radius 2 is 1.93 bits per heavy atom. The van der Waals surface area contributed by atoms with E-state index in [9.17, 15) is 4.79 Å². The highest BCUT2D eigenvalue weighted by atomic mass is 127. The van der Waals surface area contributed by atoms with Crippen LogP contribution in [0.1, 0.15) is 5.56 Å². The van der Waals surface area contributed by atoms with Gasteiger partial charge in [-0.05, 0) is 29.8 Å². The molecule has 1 amide bonds. The lowest BCUT2D eigenvalue weighted by Gasteiger charge is -2.14. The molecule has 0 fully saturated rings. The van der Waals surface area contributed by atoms with Gasteiger partial charge in [0.15, 0.2) is 12.6 Å². The second-order valence-electron chi connectivity index (χ2n) is 6.00. The van der Waals surface area contributed by atoms with Crippen molar-refractivity contribution in [3.8, 4) is 5.75 Å². The monoisotopic (exact) mass is 485 g/mol. The van der Waals surface area contributed by atoms with Crippen molar-refractivity contribution < 1.29 is 9.53 Å². The predicted molar refractivity (Wildman–Crippen MR) is 119 cm³/mol. The lowest BCUT2D eigenvalue weighted by molar-refractivity contribution is -0.130. The van der Waals surface area contributed by atoms with Crippen molar-refractivity contribution in [1.82, 2.24) is 20.1 Å². The van der Waals surface area contributed by atoms with Gasteiger partial charge in [-0.2, -0.15) is 0 Å². The maximum absolute atomic E-state index is 11.6. The maximum atomic E-state index is 11.6. The van der Waals surface area contributed by atoms with Gasteiger partial charge >= 0.3 is 0 Å². The maximum Gasteiger partial charge on any atom is 0.259 e. The van der Waals surface area contributed by atoms with Gasteiger partial charge in [0.2, 0.25) is 0 Å². The molecule has 0 radical (unpaired) electrons. The number of nitrogens with one attached hydrogen (secondary N) is 2. The zero-order valence-corrected chi connectivity index (χ0v) is 18.3. The fourth-order valence-corrected chi connectivity index (χ4v) is 2.25. The van der Waals surface area contributed by atoms with Crippen LogP contribution in [0.4, 0.5) is 0 Å². The molecule has 0 saturated carbocycles. The van der Waals surface area contributed by atoms with Gasteiger partial charge in [-0.25, -0.2) is 0 Å². The molecule has 1 aromatic heterocycles. The number of carbonyl (C=O) groups excluding carboxylic acids is 1. The van der Waals surface area contributed by atoms with Gasteiger partial charge < -0.3 is 24.8 Å². The smallest absolute Gasteiger partial charge is 0.259 e. The Kier molecular flexibility index (Phi) is 10.3. The van der Waals surface area contributed by atoms with Crippen molar-refractivity contribution in [3.05, 3.63) is 54.4 Å². The topological polar surface area (TPSA) is 70.9 Å². The van der Waals surface area contributed by atoms with Crippen molar-refractivity contribution >= 4 is 35.8 Å². The van der Waals surface area contributed by atoms with Crippen LogP contribution in [-0.2, 0) is 17.9 Å². The van der Waals surface area contributed by atoms with Gasteiger partial charge in [0.05, 0.1) is 0 Å². The molecular weight excluding hydrogens is 457 g/mol. The number of carbonyl (C=O) groups is 1. The number of nitrogens with zero attached hydrogens (tertiary/aromatic N) is 3. The first-order chi connectivity index (χ1) is 12.6. The summed E-state index contributed by atoms with van der Waals surface area (Å²) in [5.74, 6) is 1.35. The average Bonchev–Trinajstić information content (AvgIpc) is 3.16. The minimum atomic E-state index is -0.0687. The van der Waals surface area contributed by atoms with Crippen molar-refractivity contribution in [2.24, 2.45) is 4.99 Å². The zero-order valence-electron chi connectivity index (χ0n) is 16.0. The molecule has 0 aliphatic carbocycles. The van der Waals surface area contributed by atoms with Gasteiger partial charge in [0.1, 0.15) is 5.75 Å². The predicted octanol–water partition coefficient (Wildman–Crippen LogP) is 1.94. The minimum Gasteiger partial charge on any atom is -0.484 e. The number of amides is 1. The number of aromatic nitrogens is 1. The van der Waals surface area contributed by atoms with E-state index in [2.05, 4.69) is 20.2 Å². The van der Waals surface area contributed by atoms with E-state index in [1.54, 1.807) is 21.1 Å². The summed E-state index contributed by atoms with van der Waals surface area (Å²) in [6, 6.07) is 11.7. The quantitative estimate of drug-likeness (QED) is 0.341. The van der Waals surface area contributed by atoms with Gasteiger partial charge in [-0.3, -0.25) is 9.79 Å². The fraction of sp³-hybridized carbons (Fsp3) is 0.368. The number of guanidine groups is 1. The third kappa shape index (κ3) is 8.33. The Bertz CT molecular complexity index is 717. The third-order valence-corrected chi connectivity index (χ3v) is 3.77. The number of ether oxygens (including phenoxy) is 1. The van der Waals surface area contributed by atoms with Gasteiger partial charge in [-0.15, -0.1) is 24.0 Å². The normalized spacial score (nSPS) is 10.7. The third-order valence-electron chi connectivity index (χ3n) is 3.77. The van der Waals surface area contributed by atoms with Crippen molar-refractivity contribution in [2.45, 2.75) is 13.1 Å². The molecule has 1 heterocycles. The van der Waals surface area contributed by atoms with Crippen molar-refractivity contribution in [1.29, 1.82) is 0 Å². The van der Waals surface area contributed by atoms with E-state index >= 15 is 0 Å². The van der Waals surface area contributed by atoms with Crippen LogP contribution in [0.5, 0.6) is 5.75 Å². The Morgan fingerprint density at radius 3 is 2.59 bits per heavy atom. The van der Waals surface area contributed by atoms with Crippen LogP contribution in [0.3, 0.4) is 0 Å². The summed E-state index contributed by atoms with van der Waals surface area (Å²) in [6.45, 7) is 2.30. The first-order valence-corrected chi connectivity index (χ1v) is 8.55. The first kappa shape index (κ1) is 22.8. The standard InChI is InChI=1S/C19H27N5O2.HI/c1-20-19(21-9-12-24-10-4-5-11-24)22-14-16-7-6-8-17(13-16)26-15-18(25)23(2)3;/h4-8,10-11,13H,9,12,14-15H2,1-3H3,(H2,20,21,22);1H. The fourth-order valence-electron chi connectivity index (χ4n) is 2.25. The largest absolute Gasteiger partial charge is 0.484 e. The summed E-state index contributed by atoms with van der Waals surface area (Å²) < 4.78 is 7.65. The second-order valence-corrected chi connectivity index (χ2v) is 6.00. The van der Waals surface area contributed by atoms with E-state index in [-0.39, 0.29) is 36.5 Å². The van der Waals surface area contributed by atoms with E-state index in [0.717, 1.165) is 24.6 Å². The number of hydrogen-bond acceptors (Lipinski definition) is 3. The van der Waals surface area contributed by atoms with Crippen molar-refractivity contribution in [2.75, 3.05) is 34.3 Å². The highest BCUT2D eigenvalue weighted by molar-refractivity contribution is 14.0. The van der Waals surface area contributed by atoms with Gasteiger partial charge in [-0.1, -0.05) is 12.1 Å². The summed E-state index contributed by atoms with van der Waals surface area (Å²) in [6.07, 6.45) is 4.06. The van der Waals surface area contributed by atoms with Crippen LogP contribution in [0, 0.1) is 0 Å². The van der Waals surface area contributed by atoms with Crippen molar-refractivity contribution in [3.63, 3.8) is 0 Å². The molecule has 8 heteroatoms. The Labute approximate surface area is 177 Å². The van der Waals surface area contributed by atoms with E-state index in [0.29, 0.717) is 12.3 Å². The Morgan fingerprint density at radius 1 is 1.19 bits per heavy atom. The van der Waals surface area contributed by atoms with E-state index in [1.165, 1.54) is 4.90 Å². The molecule has 2 aromatic rings. The molecule has 2 N–H and O–H groups in total. The summed E-state index contributed by atoms with van der Waals surface area (Å²) in [5.41, 5.74) is 1.05. The van der Waals surface area contributed by atoms with Gasteiger partial charge in [0, 0.05) is 53.2 Å². The highest BCUT2D eigenvalue weighted by Gasteiger charge is 2.05. The SMILES string of the molecule is CN=C(NCCn1cccc1)NCc1cccc(OCC(=O)N(C)C)c1.I. The Balaban J connectivity index is 0.00000364. The minimum absolute atomic E-state index is 0. The molecular formula is C19H28IN5O2. The average molecular weight is 485 g/mol. The number of halogens is 1. The molecule has 0 aliphatic heterocycles. The number of benzene rings is 1. The number of likely N-dealkylation sites (N-methyl/N-ethyl adjacent to an activating group) is 1. The number of hydrogen-bond donors (Lipinski definition) is 2. The highest BCUT2D eigenvalue weighted by Crippen LogP contribution is 2.13. The first-order valence-electron chi connectivity index (χ1n) is 8.55. The molecule has 2 rings (SSSR count). The van der Waals surface area contributed by atoms with Crippen LogP contribution in [0.15, 0.2) is 53.8 Å². The molecule has 0 atom stereocenters. The summed E-state index contributed by atoms with van der Waals surface area (Å²) in [4.78, 5) is 17.3. The lowest BCUT2D eigenvalue weighted by atomic mass is 10.2. The molecule has 0 saturated heterocycles. The summed E-state index contributed by atoms with van der Waals surface area (Å²) >= 11 is 0. The molecule has 0 unspecified atom stereocenters. The molecule has 7 nitrogen and oxygen atoms in total. The lowest BCUT2D eigenvalue weighted by Crippen LogP contribution is -2.38. The van der Waals surface area contributed by atoms with Crippen LogP contribution in [-0.4, -0.2) is 55.6 Å². The number of rotatable bonds is 8. The van der Waals surface area contributed by atoms with Crippen LogP contribution in [0.2, 0.25) is 0 Å². The number of aliphatic imine (C=N–C) groups is 1. The molecule has 0 spiro atoms. The van der Waals surface area contributed by atoms with Crippen LogP contribution in [0.25, 0.3) is 0 Å². The molecule has 27 heavy (non-hydrogen) atoms. The van der Waals surface area contributed by atoms with Crippen LogP contribution >= 0.6 is 24.0 Å². The summed E-state index contributed by atoms with van der Waals surface area (Å²) in [5, 5.41) is 6.56. The van der Waals surface area contributed by atoms with Crippen LogP contribution < -0.4 is 15.4 Å². The van der Waals surface area contributed by atoms with Gasteiger partial charge in [0.25, 0.3) is 5.91 Å². The van der Waals surface area contributed by atoms with E-state index in [1.807, 2.05) is 48.8 Å². The second kappa shape index (κ2) is 12.2.